The van der Waals surface area contributed by atoms with Crippen LogP contribution in [-0.4, -0.2) is 27.5 Å². The molecule has 0 fully saturated rings. The molecule has 2 rings (SSSR count). The molecule has 0 unspecified atom stereocenters. The van der Waals surface area contributed by atoms with Gasteiger partial charge in [-0.1, -0.05) is 11.6 Å². The zero-order valence-corrected chi connectivity index (χ0v) is 13.4. The Morgan fingerprint density at radius 1 is 1.25 bits per heavy atom. The number of hydrogen-bond acceptors (Lipinski definition) is 5. The van der Waals surface area contributed by atoms with Gasteiger partial charge in [-0.25, -0.2) is 4.79 Å². The van der Waals surface area contributed by atoms with Gasteiger partial charge in [0.1, 0.15) is 6.54 Å². The highest BCUT2D eigenvalue weighted by atomic mass is 35.5. The molecule has 0 bridgehead atoms. The number of benzene rings is 1. The lowest BCUT2D eigenvalue weighted by Gasteiger charge is -2.14. The molecular weight excluding hydrogens is 338 g/mol. The zero-order valence-electron chi connectivity index (χ0n) is 12.6. The number of amides is 1. The van der Waals surface area contributed by atoms with Gasteiger partial charge in [-0.15, -0.1) is 0 Å². The highest BCUT2D eigenvalue weighted by Gasteiger charge is 2.18. The smallest absolute Gasteiger partial charge is 0.328 e. The van der Waals surface area contributed by atoms with Crippen molar-refractivity contribution in [2.45, 2.75) is 19.6 Å². The number of H-pyrrole nitrogens is 1. The van der Waals surface area contributed by atoms with Crippen LogP contribution in [0.3, 0.4) is 0 Å². The van der Waals surface area contributed by atoms with E-state index >= 15 is 0 Å². The molecule has 126 valence electrons. The Hall–Kier alpha value is -2.87. The van der Waals surface area contributed by atoms with Gasteiger partial charge >= 0.3 is 11.7 Å². The number of anilines is 1. The van der Waals surface area contributed by atoms with E-state index in [9.17, 15) is 19.2 Å². The van der Waals surface area contributed by atoms with Gasteiger partial charge in [-0.3, -0.25) is 23.9 Å². The van der Waals surface area contributed by atoms with Crippen molar-refractivity contribution >= 4 is 29.2 Å². The number of halogens is 1. The number of ether oxygens (including phenoxy) is 1. The second-order valence-electron chi connectivity index (χ2n) is 4.87. The predicted octanol–water partition coefficient (Wildman–Crippen LogP) is 0.760. The van der Waals surface area contributed by atoms with Crippen LogP contribution >= 0.6 is 11.6 Å². The Labute approximate surface area is 141 Å². The number of aromatic nitrogens is 2. The van der Waals surface area contributed by atoms with Crippen LogP contribution in [0.5, 0.6) is 0 Å². The molecule has 1 atom stereocenters. The third-order valence-electron chi connectivity index (χ3n) is 2.99. The summed E-state index contributed by atoms with van der Waals surface area (Å²) in [5.74, 6) is -1.32. The maximum atomic E-state index is 12.0. The van der Waals surface area contributed by atoms with Gasteiger partial charge in [0.15, 0.2) is 6.10 Å². The van der Waals surface area contributed by atoms with E-state index < -0.39 is 35.8 Å². The number of carbonyl (C=O) groups excluding carboxylic acids is 2. The average Bonchev–Trinajstić information content (AvgIpc) is 2.52. The first kappa shape index (κ1) is 17.5. The number of hydrogen-bond donors (Lipinski definition) is 2. The van der Waals surface area contributed by atoms with E-state index in [-0.39, 0.29) is 0 Å². The Morgan fingerprint density at radius 2 is 1.92 bits per heavy atom. The summed E-state index contributed by atoms with van der Waals surface area (Å²) in [5.41, 5.74) is -0.804. The average molecular weight is 352 g/mol. The maximum Gasteiger partial charge on any atom is 0.328 e. The summed E-state index contributed by atoms with van der Waals surface area (Å²) in [7, 11) is 0. The fraction of sp³-hybridized carbons (Fsp3) is 0.200. The monoisotopic (exact) mass is 351 g/mol. The fourth-order valence-electron chi connectivity index (χ4n) is 1.77. The Balaban J connectivity index is 1.92. The van der Waals surface area contributed by atoms with Crippen molar-refractivity contribution in [3.63, 3.8) is 0 Å². The molecule has 0 aliphatic heterocycles. The van der Waals surface area contributed by atoms with Crippen molar-refractivity contribution in [1.82, 2.24) is 9.55 Å². The highest BCUT2D eigenvalue weighted by Crippen LogP contribution is 2.13. The lowest BCUT2D eigenvalue weighted by Crippen LogP contribution is -2.34. The van der Waals surface area contributed by atoms with Gasteiger partial charge in [0.25, 0.3) is 11.5 Å². The lowest BCUT2D eigenvalue weighted by molar-refractivity contribution is -0.153. The maximum absolute atomic E-state index is 12.0. The van der Waals surface area contributed by atoms with Gasteiger partial charge < -0.3 is 10.1 Å². The second kappa shape index (κ2) is 7.60. The van der Waals surface area contributed by atoms with Crippen LogP contribution in [0.4, 0.5) is 5.69 Å². The molecule has 9 heteroatoms. The molecule has 2 N–H and O–H groups in total. The summed E-state index contributed by atoms with van der Waals surface area (Å²) in [5, 5.41) is 3.09. The molecule has 8 nitrogen and oxygen atoms in total. The van der Waals surface area contributed by atoms with Crippen LogP contribution in [0.2, 0.25) is 5.02 Å². The van der Waals surface area contributed by atoms with E-state index in [2.05, 4.69) is 5.32 Å². The first-order valence-electron chi connectivity index (χ1n) is 6.91. The van der Waals surface area contributed by atoms with E-state index in [0.29, 0.717) is 10.7 Å². The third-order valence-corrected chi connectivity index (χ3v) is 3.24. The SMILES string of the molecule is C[C@H](OC(=O)Cn1ccc(=O)[nH]c1=O)C(=O)Nc1ccc(Cl)cc1. The quantitative estimate of drug-likeness (QED) is 0.773. The Kier molecular flexibility index (Phi) is 5.54. The van der Waals surface area contributed by atoms with Gasteiger partial charge in [0.05, 0.1) is 0 Å². The molecule has 24 heavy (non-hydrogen) atoms. The van der Waals surface area contributed by atoms with E-state index in [4.69, 9.17) is 16.3 Å². The summed E-state index contributed by atoms with van der Waals surface area (Å²) in [6.45, 7) is 0.979. The molecule has 0 saturated carbocycles. The largest absolute Gasteiger partial charge is 0.451 e. The van der Waals surface area contributed by atoms with E-state index in [1.165, 1.54) is 13.1 Å². The summed E-state index contributed by atoms with van der Waals surface area (Å²) >= 11 is 5.75. The van der Waals surface area contributed by atoms with Gasteiger partial charge in [-0.05, 0) is 31.2 Å². The standard InChI is InChI=1S/C15H14ClN3O5/c1-9(14(22)17-11-4-2-10(16)3-5-11)24-13(21)8-19-7-6-12(20)18-15(19)23/h2-7,9H,8H2,1H3,(H,17,22)(H,18,20,23)/t9-/m0/s1. The summed E-state index contributed by atoms with van der Waals surface area (Å²) in [4.78, 5) is 48.2. The number of carbonyl (C=O) groups is 2. The third kappa shape index (κ3) is 4.82. The van der Waals surface area contributed by atoms with Gasteiger partial charge in [0, 0.05) is 23.0 Å². The van der Waals surface area contributed by atoms with Crippen molar-refractivity contribution in [2.75, 3.05) is 5.32 Å². The van der Waals surface area contributed by atoms with Crippen LogP contribution in [0.15, 0.2) is 46.1 Å². The topological polar surface area (TPSA) is 110 Å². The first-order valence-corrected chi connectivity index (χ1v) is 7.28. The minimum Gasteiger partial charge on any atom is -0.451 e. The van der Waals surface area contributed by atoms with E-state index in [1.807, 2.05) is 4.98 Å². The highest BCUT2D eigenvalue weighted by molar-refractivity contribution is 6.30. The summed E-state index contributed by atoms with van der Waals surface area (Å²) in [6, 6.07) is 7.53. The fourth-order valence-corrected chi connectivity index (χ4v) is 1.90. The summed E-state index contributed by atoms with van der Waals surface area (Å²) < 4.78 is 5.93. The van der Waals surface area contributed by atoms with Crippen molar-refractivity contribution < 1.29 is 14.3 Å². The number of nitrogens with zero attached hydrogens (tertiary/aromatic N) is 1. The molecule has 0 saturated heterocycles. The minimum atomic E-state index is -1.06. The van der Waals surface area contributed by atoms with Crippen LogP contribution in [0.1, 0.15) is 6.92 Å². The molecule has 0 spiro atoms. The molecule has 1 heterocycles. The molecule has 1 amide bonds. The molecule has 0 aliphatic carbocycles. The molecular formula is C15H14ClN3O5. The van der Waals surface area contributed by atoms with Crippen molar-refractivity contribution in [2.24, 2.45) is 0 Å². The summed E-state index contributed by atoms with van der Waals surface area (Å²) in [6.07, 6.45) is 0.104. The molecule has 2 aromatic rings. The molecule has 0 radical (unpaired) electrons. The lowest BCUT2D eigenvalue weighted by atomic mass is 10.3. The molecule has 1 aromatic carbocycles. The Morgan fingerprint density at radius 3 is 2.54 bits per heavy atom. The zero-order chi connectivity index (χ0) is 17.7. The van der Waals surface area contributed by atoms with Crippen LogP contribution < -0.4 is 16.6 Å². The predicted molar refractivity (Wildman–Crippen MR) is 87.0 cm³/mol. The van der Waals surface area contributed by atoms with Crippen LogP contribution in [0, 0.1) is 0 Å². The van der Waals surface area contributed by atoms with Crippen LogP contribution in [0.25, 0.3) is 0 Å². The van der Waals surface area contributed by atoms with E-state index in [1.54, 1.807) is 24.3 Å². The first-order chi connectivity index (χ1) is 11.3. The second-order valence-corrected chi connectivity index (χ2v) is 5.30. The number of rotatable bonds is 5. The van der Waals surface area contributed by atoms with Gasteiger partial charge in [0.2, 0.25) is 0 Å². The van der Waals surface area contributed by atoms with Crippen molar-refractivity contribution in [3.05, 3.63) is 62.4 Å². The number of esters is 1. The van der Waals surface area contributed by atoms with Crippen LogP contribution in [-0.2, 0) is 20.9 Å². The van der Waals surface area contributed by atoms with E-state index in [0.717, 1.165) is 10.6 Å². The van der Waals surface area contributed by atoms with Gasteiger partial charge in [-0.2, -0.15) is 0 Å². The molecule has 0 aliphatic rings. The normalized spacial score (nSPS) is 11.6. The Bertz CT molecular complexity index is 856. The number of nitrogens with one attached hydrogen (secondary N) is 2. The minimum absolute atomic E-state index is 0.422. The molecule has 1 aromatic heterocycles. The van der Waals surface area contributed by atoms with Crippen molar-refractivity contribution in [1.29, 1.82) is 0 Å². The number of aromatic amines is 1. The van der Waals surface area contributed by atoms with Crippen molar-refractivity contribution in [3.8, 4) is 0 Å².